The number of benzene rings is 1. The molecule has 2 aliphatic rings. The Morgan fingerprint density at radius 2 is 1.55 bits per heavy atom. The third kappa shape index (κ3) is 7.14. The lowest BCUT2D eigenvalue weighted by Gasteiger charge is -2.39. The summed E-state index contributed by atoms with van der Waals surface area (Å²) in [5.74, 6) is 0.361. The Balaban J connectivity index is 1.19. The number of hydrogen-bond donors (Lipinski definition) is 2. The number of rotatable bonds is 7. The fourth-order valence-electron chi connectivity index (χ4n) is 5.19. The van der Waals surface area contributed by atoms with Gasteiger partial charge in [-0.2, -0.15) is 13.2 Å². The summed E-state index contributed by atoms with van der Waals surface area (Å²) in [7, 11) is 0. The largest absolute Gasteiger partial charge is 0.573 e. The van der Waals surface area contributed by atoms with Crippen LogP contribution in [0.4, 0.5) is 38.3 Å². The number of oxazole rings is 1. The highest BCUT2D eigenvalue weighted by molar-refractivity contribution is 5.58. The summed E-state index contributed by atoms with van der Waals surface area (Å²) in [4.78, 5) is 14.1. The van der Waals surface area contributed by atoms with E-state index in [1.807, 2.05) is 4.90 Å². The van der Waals surface area contributed by atoms with Crippen LogP contribution in [0.5, 0.6) is 5.75 Å². The smallest absolute Gasteiger partial charge is 0.424 e. The molecule has 0 radical (unpaired) electrons. The minimum absolute atomic E-state index is 0.0282. The minimum Gasteiger partial charge on any atom is -0.424 e. The van der Waals surface area contributed by atoms with Crippen LogP contribution in [0.1, 0.15) is 44.1 Å². The molecule has 2 aromatic heterocycles. The molecule has 0 spiro atoms. The molecule has 3 atom stereocenters. The van der Waals surface area contributed by atoms with Gasteiger partial charge in [0.1, 0.15) is 5.75 Å². The maximum atomic E-state index is 12.9. The van der Waals surface area contributed by atoms with E-state index in [0.717, 1.165) is 50.9 Å². The predicted molar refractivity (Wildman–Crippen MR) is 134 cm³/mol. The summed E-state index contributed by atoms with van der Waals surface area (Å²) in [6.45, 7) is 1.24. The van der Waals surface area contributed by atoms with Crippen molar-refractivity contribution in [1.82, 2.24) is 20.3 Å². The molecule has 3 aromatic rings. The Kier molecular flexibility index (Phi) is 8.06. The van der Waals surface area contributed by atoms with Crippen LogP contribution in [-0.2, 0) is 6.18 Å². The Labute approximate surface area is 226 Å². The highest BCUT2D eigenvalue weighted by atomic mass is 19.4. The van der Waals surface area contributed by atoms with E-state index in [1.165, 1.54) is 30.5 Å². The number of nitrogens with zero attached hydrogens (tertiary/aromatic N) is 4. The lowest BCUT2D eigenvalue weighted by atomic mass is 9.89. The molecule has 2 fully saturated rings. The maximum Gasteiger partial charge on any atom is 0.573 e. The molecule has 1 aliphatic carbocycles. The van der Waals surface area contributed by atoms with Gasteiger partial charge in [0.2, 0.25) is 5.95 Å². The summed E-state index contributed by atoms with van der Waals surface area (Å²) >= 11 is 0. The van der Waals surface area contributed by atoms with Crippen LogP contribution in [0.25, 0.3) is 11.3 Å². The van der Waals surface area contributed by atoms with Gasteiger partial charge in [-0.25, -0.2) is 15.0 Å². The van der Waals surface area contributed by atoms with Crippen molar-refractivity contribution in [2.45, 2.75) is 69.2 Å². The van der Waals surface area contributed by atoms with Gasteiger partial charge in [-0.15, -0.1) is 13.2 Å². The molecule has 14 heteroatoms. The van der Waals surface area contributed by atoms with Crippen molar-refractivity contribution < 1.29 is 35.5 Å². The van der Waals surface area contributed by atoms with Crippen LogP contribution in [0, 0.1) is 0 Å². The maximum absolute atomic E-state index is 12.9. The van der Waals surface area contributed by atoms with Crippen LogP contribution >= 0.6 is 0 Å². The van der Waals surface area contributed by atoms with E-state index < -0.39 is 18.1 Å². The zero-order valence-corrected chi connectivity index (χ0v) is 21.3. The zero-order valence-electron chi connectivity index (χ0n) is 21.3. The van der Waals surface area contributed by atoms with Crippen molar-refractivity contribution in [3.63, 3.8) is 0 Å². The van der Waals surface area contributed by atoms with Gasteiger partial charge < -0.3 is 24.7 Å². The van der Waals surface area contributed by atoms with E-state index in [4.69, 9.17) is 4.42 Å². The lowest BCUT2D eigenvalue weighted by molar-refractivity contribution is -0.274. The van der Waals surface area contributed by atoms with Crippen LogP contribution in [-0.4, -0.2) is 52.5 Å². The average molecular weight is 571 g/mol. The Bertz CT molecular complexity index is 1250. The quantitative estimate of drug-likeness (QED) is 0.333. The number of halogens is 6. The zero-order chi connectivity index (χ0) is 28.3. The van der Waals surface area contributed by atoms with E-state index in [9.17, 15) is 26.3 Å². The molecule has 1 saturated carbocycles. The highest BCUT2D eigenvalue weighted by Gasteiger charge is 2.33. The number of hydrogen-bond acceptors (Lipinski definition) is 8. The van der Waals surface area contributed by atoms with Gasteiger partial charge in [-0.1, -0.05) is 12.8 Å². The third-order valence-corrected chi connectivity index (χ3v) is 7.07. The van der Waals surface area contributed by atoms with Crippen molar-refractivity contribution >= 4 is 12.0 Å². The summed E-state index contributed by atoms with van der Waals surface area (Å²) < 4.78 is 85.6. The lowest BCUT2D eigenvalue weighted by Crippen LogP contribution is -2.55. The fraction of sp³-hybridized carbons (Fsp3) is 0.500. The predicted octanol–water partition coefficient (Wildman–Crippen LogP) is 6.03. The molecule has 3 heterocycles. The second kappa shape index (κ2) is 11.5. The Morgan fingerprint density at radius 1 is 0.850 bits per heavy atom. The van der Waals surface area contributed by atoms with Gasteiger partial charge in [0, 0.05) is 49.2 Å². The molecule has 1 saturated heterocycles. The van der Waals surface area contributed by atoms with Crippen LogP contribution in [0.15, 0.2) is 47.3 Å². The van der Waals surface area contributed by atoms with E-state index >= 15 is 0 Å². The molecule has 8 nitrogen and oxygen atoms in total. The normalized spacial score (nSPS) is 22.2. The number of anilines is 2. The number of piperidine rings is 1. The molecule has 3 unspecified atom stereocenters. The molecule has 1 aromatic carbocycles. The van der Waals surface area contributed by atoms with E-state index in [2.05, 4.69) is 30.3 Å². The van der Waals surface area contributed by atoms with Gasteiger partial charge in [0.05, 0.1) is 11.8 Å². The van der Waals surface area contributed by atoms with Gasteiger partial charge in [0.15, 0.2) is 5.76 Å². The molecular weight excluding hydrogens is 542 g/mol. The van der Waals surface area contributed by atoms with Gasteiger partial charge in [-0.3, -0.25) is 0 Å². The summed E-state index contributed by atoms with van der Waals surface area (Å²) in [5.41, 5.74) is -0.317. The SMILES string of the molecule is FC(F)(F)Oc1ccc(-c2cnc(NC3CCCCC3NC3CCCN(c4ncc(C(F)(F)F)cn4)C3)o2)cc1. The Morgan fingerprint density at radius 3 is 2.23 bits per heavy atom. The molecule has 1 aliphatic heterocycles. The minimum atomic E-state index is -4.76. The summed E-state index contributed by atoms with van der Waals surface area (Å²) in [6.07, 6.45) is -0.440. The number of nitrogens with one attached hydrogen (secondary N) is 2. The van der Waals surface area contributed by atoms with Crippen molar-refractivity contribution in [3.05, 3.63) is 48.4 Å². The molecule has 2 N–H and O–H groups in total. The fourth-order valence-corrected chi connectivity index (χ4v) is 5.19. The first-order chi connectivity index (χ1) is 19.0. The van der Waals surface area contributed by atoms with Crippen molar-refractivity contribution in [3.8, 4) is 17.1 Å². The molecular formula is C26H28F6N6O2. The number of ether oxygens (including phenoxy) is 1. The van der Waals surface area contributed by atoms with Crippen molar-refractivity contribution in [2.75, 3.05) is 23.3 Å². The summed E-state index contributed by atoms with van der Waals surface area (Å²) in [6, 6.07) is 5.90. The van der Waals surface area contributed by atoms with Crippen LogP contribution < -0.4 is 20.3 Å². The second-order valence-electron chi connectivity index (χ2n) is 9.96. The van der Waals surface area contributed by atoms with Gasteiger partial charge in [-0.05, 0) is 49.9 Å². The molecule has 0 bridgehead atoms. The van der Waals surface area contributed by atoms with Gasteiger partial charge >= 0.3 is 12.5 Å². The molecule has 40 heavy (non-hydrogen) atoms. The monoisotopic (exact) mass is 570 g/mol. The first-order valence-corrected chi connectivity index (χ1v) is 13.0. The van der Waals surface area contributed by atoms with Crippen molar-refractivity contribution in [1.29, 1.82) is 0 Å². The van der Waals surface area contributed by atoms with Crippen LogP contribution in [0.2, 0.25) is 0 Å². The number of alkyl halides is 6. The van der Waals surface area contributed by atoms with E-state index in [0.29, 0.717) is 30.4 Å². The average Bonchev–Trinajstić information content (AvgIpc) is 3.38. The van der Waals surface area contributed by atoms with E-state index in [-0.39, 0.29) is 29.8 Å². The van der Waals surface area contributed by atoms with Crippen LogP contribution in [0.3, 0.4) is 0 Å². The first kappa shape index (κ1) is 28.0. The molecule has 216 valence electrons. The highest BCUT2D eigenvalue weighted by Crippen LogP contribution is 2.31. The second-order valence-corrected chi connectivity index (χ2v) is 9.96. The van der Waals surface area contributed by atoms with Gasteiger partial charge in [0.25, 0.3) is 6.01 Å². The number of aromatic nitrogens is 3. The Hall–Kier alpha value is -3.55. The summed E-state index contributed by atoms with van der Waals surface area (Å²) in [5, 5.41) is 7.07. The van der Waals surface area contributed by atoms with E-state index in [1.54, 1.807) is 0 Å². The topological polar surface area (TPSA) is 88.3 Å². The standard InChI is InChI=1S/C26H28F6N6O2/c27-25(28,29)17-12-33-23(34-13-17)38-11-3-4-18(15-38)36-20-5-1-2-6-21(20)37-24-35-14-22(39-24)16-7-9-19(10-8-16)40-26(30,31)32/h7-10,12-14,18,20-21,36H,1-6,11,15H2,(H,35,37). The molecule has 5 rings (SSSR count). The molecule has 0 amide bonds. The van der Waals surface area contributed by atoms with Crippen molar-refractivity contribution in [2.24, 2.45) is 0 Å². The first-order valence-electron chi connectivity index (χ1n) is 13.0. The third-order valence-electron chi connectivity index (χ3n) is 7.07.